The van der Waals surface area contributed by atoms with Crippen molar-refractivity contribution in [3.8, 4) is 17.2 Å². The van der Waals surface area contributed by atoms with Gasteiger partial charge in [-0.2, -0.15) is 0 Å². The summed E-state index contributed by atoms with van der Waals surface area (Å²) in [6, 6.07) is 12.3. The normalized spacial score (nSPS) is 16.4. The molecule has 0 spiro atoms. The second kappa shape index (κ2) is 13.6. The number of amides is 1. The third-order valence-electron chi connectivity index (χ3n) is 7.14. The van der Waals surface area contributed by atoms with E-state index in [2.05, 4.69) is 5.32 Å². The molecule has 206 valence electrons. The molecule has 2 aromatic carbocycles. The van der Waals surface area contributed by atoms with Crippen LogP contribution in [0.15, 0.2) is 42.5 Å². The van der Waals surface area contributed by atoms with Gasteiger partial charge < -0.3 is 29.5 Å². The Morgan fingerprint density at radius 1 is 0.974 bits per heavy atom. The van der Waals surface area contributed by atoms with Gasteiger partial charge in [-0.05, 0) is 68.7 Å². The van der Waals surface area contributed by atoms with Gasteiger partial charge in [-0.1, -0.05) is 12.5 Å². The molecule has 2 aliphatic heterocycles. The average molecular weight is 526 g/mol. The number of benzene rings is 2. The molecule has 2 unspecified atom stereocenters. The van der Waals surface area contributed by atoms with Crippen molar-refractivity contribution in [1.82, 2.24) is 5.32 Å². The third kappa shape index (κ3) is 7.95. The summed E-state index contributed by atoms with van der Waals surface area (Å²) in [6.45, 7) is 6.91. The maximum Gasteiger partial charge on any atom is 0.231 e. The summed E-state index contributed by atoms with van der Waals surface area (Å²) in [7, 11) is 0. The fraction of sp³-hybridized carbons (Fsp3) is 0.533. The van der Waals surface area contributed by atoms with Crippen LogP contribution >= 0.6 is 0 Å². The number of rotatable bonds is 14. The van der Waals surface area contributed by atoms with Crippen LogP contribution in [0.25, 0.3) is 0 Å². The molecule has 3 N–H and O–H groups in total. The summed E-state index contributed by atoms with van der Waals surface area (Å²) in [5.41, 5.74) is 1.39. The second-order valence-corrected chi connectivity index (χ2v) is 10.6. The molecule has 1 amide bonds. The van der Waals surface area contributed by atoms with Crippen LogP contribution in [0.5, 0.6) is 17.2 Å². The van der Waals surface area contributed by atoms with E-state index >= 15 is 0 Å². The lowest BCUT2D eigenvalue weighted by Gasteiger charge is -2.27. The molecular weight excluding hydrogens is 484 g/mol. The number of carbonyl (C=O) groups is 2. The number of carbonyl (C=O) groups excluding carboxylic acids is 2. The van der Waals surface area contributed by atoms with Crippen molar-refractivity contribution < 1.29 is 33.8 Å². The summed E-state index contributed by atoms with van der Waals surface area (Å²) < 4.78 is 16.5. The first-order valence-corrected chi connectivity index (χ1v) is 13.9. The summed E-state index contributed by atoms with van der Waals surface area (Å²) in [5.74, 6) is 2.08. The minimum absolute atomic E-state index is 0.0690. The molecule has 8 nitrogen and oxygen atoms in total. The Labute approximate surface area is 225 Å². The summed E-state index contributed by atoms with van der Waals surface area (Å²) in [5, 5.41) is 14.3. The van der Waals surface area contributed by atoms with Gasteiger partial charge in [0.2, 0.25) is 12.7 Å². The second-order valence-electron chi connectivity index (χ2n) is 10.6. The first-order chi connectivity index (χ1) is 18.4. The minimum atomic E-state index is -0.837. The van der Waals surface area contributed by atoms with Crippen molar-refractivity contribution in [2.24, 2.45) is 0 Å². The standard InChI is InChI=1S/C30H40N2O6/c1-21(2)38-24-13-10-22(11-14-24)26(33)8-4-3-5-9-29(34)31-25(19-32-16-6-7-17-32)30(35)23-12-15-27-28(18-23)37-20-36-27/h10-15,18,21,25,30,35H,3-9,16-17,19-20H2,1-2H3,(H,31,34)/p+1. The highest BCUT2D eigenvalue weighted by atomic mass is 16.7. The number of hydrogen-bond acceptors (Lipinski definition) is 6. The van der Waals surface area contributed by atoms with E-state index in [1.165, 1.54) is 17.7 Å². The molecule has 0 aliphatic carbocycles. The van der Waals surface area contributed by atoms with Crippen molar-refractivity contribution in [2.45, 2.75) is 77.0 Å². The van der Waals surface area contributed by atoms with Crippen molar-refractivity contribution >= 4 is 11.7 Å². The number of likely N-dealkylation sites (tertiary alicyclic amines) is 1. The van der Waals surface area contributed by atoms with E-state index in [-0.39, 0.29) is 30.6 Å². The molecule has 0 bridgehead atoms. The number of nitrogens with one attached hydrogen (secondary N) is 2. The Balaban J connectivity index is 1.22. The highest BCUT2D eigenvalue weighted by molar-refractivity contribution is 5.96. The Kier molecular flexibility index (Phi) is 10.0. The topological polar surface area (TPSA) is 98.5 Å². The molecule has 8 heteroatoms. The Bertz CT molecular complexity index is 1060. The predicted octanol–water partition coefficient (Wildman–Crippen LogP) is 3.23. The van der Waals surface area contributed by atoms with Gasteiger partial charge in [-0.3, -0.25) is 9.59 Å². The molecule has 0 radical (unpaired) electrons. The smallest absolute Gasteiger partial charge is 0.231 e. The molecule has 0 saturated carbocycles. The fourth-order valence-corrected chi connectivity index (χ4v) is 5.12. The van der Waals surface area contributed by atoms with Gasteiger partial charge in [0.15, 0.2) is 17.3 Å². The van der Waals surface area contributed by atoms with Crippen LogP contribution in [0.4, 0.5) is 0 Å². The van der Waals surface area contributed by atoms with E-state index in [0.29, 0.717) is 48.4 Å². The first kappa shape index (κ1) is 27.9. The lowest BCUT2D eigenvalue weighted by Crippen LogP contribution is -3.11. The number of fused-ring (bicyclic) bond motifs is 1. The molecule has 4 rings (SSSR count). The molecule has 2 atom stereocenters. The third-order valence-corrected chi connectivity index (χ3v) is 7.14. The lowest BCUT2D eigenvalue weighted by molar-refractivity contribution is -0.889. The number of aliphatic hydroxyl groups is 1. The number of hydrogen-bond donors (Lipinski definition) is 3. The zero-order valence-electron chi connectivity index (χ0n) is 22.5. The highest BCUT2D eigenvalue weighted by Crippen LogP contribution is 2.34. The maximum absolute atomic E-state index is 12.8. The molecular formula is C30H41N2O6+. The van der Waals surface area contributed by atoms with Crippen LogP contribution in [0, 0.1) is 0 Å². The van der Waals surface area contributed by atoms with Crippen molar-refractivity contribution in [1.29, 1.82) is 0 Å². The lowest BCUT2D eigenvalue weighted by atomic mass is 10.0. The van der Waals surface area contributed by atoms with Crippen LogP contribution in [0.3, 0.4) is 0 Å². The molecule has 2 aromatic rings. The number of ketones is 1. The number of ether oxygens (including phenoxy) is 3. The Morgan fingerprint density at radius 3 is 2.42 bits per heavy atom. The van der Waals surface area contributed by atoms with Crippen LogP contribution in [-0.2, 0) is 4.79 Å². The minimum Gasteiger partial charge on any atom is -0.491 e. The zero-order chi connectivity index (χ0) is 26.9. The SMILES string of the molecule is CC(C)Oc1ccc(C(=O)CCCCCC(=O)NC(C[NH+]2CCCC2)C(O)c2ccc3c(c2)OCO3)cc1. The van der Waals surface area contributed by atoms with Gasteiger partial charge in [0.25, 0.3) is 0 Å². The fourth-order valence-electron chi connectivity index (χ4n) is 5.12. The number of unbranched alkanes of at least 4 members (excludes halogenated alkanes) is 2. The van der Waals surface area contributed by atoms with Gasteiger partial charge in [-0.15, -0.1) is 0 Å². The van der Waals surface area contributed by atoms with Gasteiger partial charge in [0, 0.05) is 31.2 Å². The number of Topliss-reactive ketones (excluding diaryl/α,β-unsaturated/α-hetero) is 1. The number of aliphatic hydroxyl groups excluding tert-OH is 1. The molecule has 2 heterocycles. The van der Waals surface area contributed by atoms with Gasteiger partial charge in [-0.25, -0.2) is 0 Å². The van der Waals surface area contributed by atoms with Crippen LogP contribution in [0.2, 0.25) is 0 Å². The zero-order valence-corrected chi connectivity index (χ0v) is 22.5. The molecule has 38 heavy (non-hydrogen) atoms. The molecule has 1 fully saturated rings. The number of quaternary nitrogens is 1. The van der Waals surface area contributed by atoms with Gasteiger partial charge in [0.1, 0.15) is 24.4 Å². The van der Waals surface area contributed by atoms with Crippen LogP contribution < -0.4 is 24.4 Å². The predicted molar refractivity (Wildman–Crippen MR) is 144 cm³/mol. The summed E-state index contributed by atoms with van der Waals surface area (Å²) in [4.78, 5) is 26.7. The summed E-state index contributed by atoms with van der Waals surface area (Å²) in [6.07, 6.45) is 4.65. The van der Waals surface area contributed by atoms with Crippen molar-refractivity contribution in [3.63, 3.8) is 0 Å². The van der Waals surface area contributed by atoms with E-state index in [9.17, 15) is 14.7 Å². The maximum atomic E-state index is 12.8. The molecule has 2 aliphatic rings. The van der Waals surface area contributed by atoms with Gasteiger partial charge >= 0.3 is 0 Å². The Hall–Kier alpha value is -3.10. The highest BCUT2D eigenvalue weighted by Gasteiger charge is 2.30. The molecule has 1 saturated heterocycles. The van der Waals surface area contributed by atoms with E-state index in [4.69, 9.17) is 14.2 Å². The van der Waals surface area contributed by atoms with E-state index in [1.807, 2.05) is 32.0 Å². The summed E-state index contributed by atoms with van der Waals surface area (Å²) >= 11 is 0. The molecule has 0 aromatic heterocycles. The van der Waals surface area contributed by atoms with Crippen molar-refractivity contribution in [2.75, 3.05) is 26.4 Å². The Morgan fingerprint density at radius 2 is 1.68 bits per heavy atom. The van der Waals surface area contributed by atoms with Gasteiger partial charge in [0.05, 0.1) is 19.2 Å². The van der Waals surface area contributed by atoms with Crippen LogP contribution in [0.1, 0.15) is 80.8 Å². The van der Waals surface area contributed by atoms with Crippen molar-refractivity contribution in [3.05, 3.63) is 53.6 Å². The average Bonchev–Trinajstić information content (AvgIpc) is 3.59. The largest absolute Gasteiger partial charge is 0.491 e. The van der Waals surface area contributed by atoms with E-state index < -0.39 is 6.10 Å². The first-order valence-electron chi connectivity index (χ1n) is 13.9. The monoisotopic (exact) mass is 525 g/mol. The van der Waals surface area contributed by atoms with Crippen LogP contribution in [-0.4, -0.2) is 55.4 Å². The van der Waals surface area contributed by atoms with E-state index in [1.54, 1.807) is 24.3 Å². The quantitative estimate of drug-likeness (QED) is 0.259. The van der Waals surface area contributed by atoms with E-state index in [0.717, 1.165) is 31.7 Å².